The van der Waals surface area contributed by atoms with Crippen LogP contribution in [0.25, 0.3) is 20.9 Å². The van der Waals surface area contributed by atoms with E-state index in [0.29, 0.717) is 17.1 Å². The molecule has 0 unspecified atom stereocenters. The molecule has 0 aliphatic carbocycles. The van der Waals surface area contributed by atoms with E-state index in [-0.39, 0.29) is 38.3 Å². The molecule has 0 bridgehead atoms. The summed E-state index contributed by atoms with van der Waals surface area (Å²) in [4.78, 5) is 5.21. The lowest BCUT2D eigenvalue weighted by Gasteiger charge is -2.26. The number of azide groups is 2. The lowest BCUT2D eigenvalue weighted by Crippen LogP contribution is -2.33. The fourth-order valence-electron chi connectivity index (χ4n) is 1.10. The predicted molar refractivity (Wildman–Crippen MR) is 92.0 cm³/mol. The molecule has 9 nitrogen and oxygen atoms in total. The highest BCUT2D eigenvalue weighted by Crippen LogP contribution is 2.22. The number of alkyl halides is 2. The second-order valence-corrected chi connectivity index (χ2v) is 5.99. The maximum Gasteiger partial charge on any atom is 0.0525 e. The van der Waals surface area contributed by atoms with E-state index in [1.54, 1.807) is 0 Å². The molecule has 0 atom stereocenters. The Morgan fingerprint density at radius 2 is 1.23 bits per heavy atom. The van der Waals surface area contributed by atoms with Crippen molar-refractivity contribution in [1.29, 1.82) is 0 Å². The first kappa shape index (κ1) is 23.7. The molecule has 11 heteroatoms. The largest absolute Gasteiger partial charge is 0.396 e. The molecular weight excluding hydrogens is 424 g/mol. The predicted octanol–water partition coefficient (Wildman–Crippen LogP) is 2.74. The molecule has 0 aromatic carbocycles. The smallest absolute Gasteiger partial charge is 0.0525 e. The minimum absolute atomic E-state index is 0. The van der Waals surface area contributed by atoms with Gasteiger partial charge in [-0.1, -0.05) is 49.0 Å². The van der Waals surface area contributed by atoms with Gasteiger partial charge in [-0.15, -0.1) is 0 Å². The summed E-state index contributed by atoms with van der Waals surface area (Å²) in [7, 11) is 0. The van der Waals surface area contributed by atoms with Crippen LogP contribution in [0.15, 0.2) is 10.2 Å². The van der Waals surface area contributed by atoms with E-state index in [1.807, 2.05) is 6.92 Å². The van der Waals surface area contributed by atoms with Crippen molar-refractivity contribution in [2.75, 3.05) is 43.6 Å². The third-order valence-electron chi connectivity index (χ3n) is 3.26. The van der Waals surface area contributed by atoms with Gasteiger partial charge in [-0.2, -0.15) is 0 Å². The highest BCUT2D eigenvalue weighted by Gasteiger charge is 2.26. The number of hydrogen-bond donors (Lipinski definition) is 3. The monoisotopic (exact) mass is 444 g/mol. The van der Waals surface area contributed by atoms with Crippen LogP contribution in [0.5, 0.6) is 0 Å². The lowest BCUT2D eigenvalue weighted by atomic mass is 9.86. The molecule has 0 spiro atoms. The molecule has 0 amide bonds. The van der Waals surface area contributed by atoms with Gasteiger partial charge < -0.3 is 15.3 Å². The Morgan fingerprint density at radius 1 is 0.864 bits per heavy atom. The minimum Gasteiger partial charge on any atom is -0.396 e. The standard InChI is InChI=1S/C6H12N6O.C5H10Br2O2/c1-2-6(5-13,3-9-11-7)4-10-12-8;6-1-5(2-7,3-8)4-9/h13H,2-5H2,1H3;8-9H,1-4H2. The van der Waals surface area contributed by atoms with E-state index in [9.17, 15) is 0 Å². The molecule has 128 valence electrons. The van der Waals surface area contributed by atoms with Crippen LogP contribution in [0, 0.1) is 10.8 Å². The van der Waals surface area contributed by atoms with Gasteiger partial charge in [0.1, 0.15) is 0 Å². The van der Waals surface area contributed by atoms with Crippen LogP contribution in [0.1, 0.15) is 13.3 Å². The topological polar surface area (TPSA) is 158 Å². The average Bonchev–Trinajstić information content (AvgIpc) is 2.59. The molecule has 3 N–H and O–H groups in total. The van der Waals surface area contributed by atoms with E-state index in [0.717, 1.165) is 0 Å². The van der Waals surface area contributed by atoms with Gasteiger partial charge in [0.15, 0.2) is 0 Å². The van der Waals surface area contributed by atoms with Crippen LogP contribution in [0.4, 0.5) is 0 Å². The molecule has 0 aromatic heterocycles. The van der Waals surface area contributed by atoms with Crippen molar-refractivity contribution in [1.82, 2.24) is 0 Å². The first-order valence-corrected chi connectivity index (χ1v) is 8.69. The quantitative estimate of drug-likeness (QED) is 0.204. The van der Waals surface area contributed by atoms with Gasteiger partial charge in [-0.05, 0) is 17.5 Å². The van der Waals surface area contributed by atoms with E-state index >= 15 is 0 Å². The Bertz CT molecular complexity index is 339. The van der Waals surface area contributed by atoms with Crippen molar-refractivity contribution >= 4 is 31.9 Å². The van der Waals surface area contributed by atoms with Crippen molar-refractivity contribution in [3.63, 3.8) is 0 Å². The number of hydrogen-bond acceptors (Lipinski definition) is 5. The number of aliphatic hydroxyl groups is 3. The van der Waals surface area contributed by atoms with Crippen LogP contribution in [0.3, 0.4) is 0 Å². The summed E-state index contributed by atoms with van der Waals surface area (Å²) in [6, 6.07) is 0. The summed E-state index contributed by atoms with van der Waals surface area (Å²) < 4.78 is 0. The number of rotatable bonds is 10. The van der Waals surface area contributed by atoms with Crippen molar-refractivity contribution in [3.8, 4) is 0 Å². The highest BCUT2D eigenvalue weighted by atomic mass is 79.9. The molecule has 0 aliphatic rings. The maximum absolute atomic E-state index is 9.06. The zero-order valence-corrected chi connectivity index (χ0v) is 15.6. The highest BCUT2D eigenvalue weighted by molar-refractivity contribution is 9.09. The van der Waals surface area contributed by atoms with Gasteiger partial charge in [0.05, 0.1) is 13.2 Å². The lowest BCUT2D eigenvalue weighted by molar-refractivity contribution is 0.0952. The number of aliphatic hydroxyl groups excluding tert-OH is 3. The molecule has 22 heavy (non-hydrogen) atoms. The summed E-state index contributed by atoms with van der Waals surface area (Å²) >= 11 is 6.41. The van der Waals surface area contributed by atoms with E-state index in [2.05, 4.69) is 51.9 Å². The van der Waals surface area contributed by atoms with Gasteiger partial charge in [0.25, 0.3) is 0 Å². The number of halogens is 2. The van der Waals surface area contributed by atoms with Crippen molar-refractivity contribution in [2.24, 2.45) is 21.1 Å². The molecule has 0 saturated heterocycles. The van der Waals surface area contributed by atoms with Crippen LogP contribution < -0.4 is 0 Å². The molecule has 0 heterocycles. The SMILES string of the molecule is CCC(CO)(CN=[N+]=[N-])CN=[N+]=[N-].OCC(CO)(CBr)CBr. The van der Waals surface area contributed by atoms with Crippen molar-refractivity contribution in [2.45, 2.75) is 13.3 Å². The molecule has 0 fully saturated rings. The summed E-state index contributed by atoms with van der Waals surface area (Å²) in [5.41, 5.74) is 15.3. The third kappa shape index (κ3) is 8.79. The molecule has 0 aromatic rings. The summed E-state index contributed by atoms with van der Waals surface area (Å²) in [5, 5.41) is 34.5. The second kappa shape index (κ2) is 14.1. The molecule has 0 radical (unpaired) electrons. The Hall–Kier alpha value is -0.540. The van der Waals surface area contributed by atoms with Crippen LogP contribution in [-0.4, -0.2) is 58.9 Å². The van der Waals surface area contributed by atoms with Crippen LogP contribution in [0.2, 0.25) is 0 Å². The Labute approximate surface area is 146 Å². The maximum atomic E-state index is 9.06. The van der Waals surface area contributed by atoms with E-state index in [1.165, 1.54) is 0 Å². The number of nitrogens with zero attached hydrogens (tertiary/aromatic N) is 6. The van der Waals surface area contributed by atoms with E-state index in [4.69, 9.17) is 26.4 Å². The summed E-state index contributed by atoms with van der Waals surface area (Å²) in [6.45, 7) is 1.99. The fourth-order valence-corrected chi connectivity index (χ4v) is 2.74. The summed E-state index contributed by atoms with van der Waals surface area (Å²) in [6.07, 6.45) is 0.599. The molecular formula is C11H22Br2N6O3. The van der Waals surface area contributed by atoms with Crippen molar-refractivity contribution < 1.29 is 15.3 Å². The first-order valence-electron chi connectivity index (χ1n) is 6.45. The van der Waals surface area contributed by atoms with Gasteiger partial charge >= 0.3 is 0 Å². The summed E-state index contributed by atoms with van der Waals surface area (Å²) in [5.74, 6) is 0. The van der Waals surface area contributed by atoms with Crippen LogP contribution in [-0.2, 0) is 0 Å². The third-order valence-corrected chi connectivity index (χ3v) is 5.64. The Balaban J connectivity index is 0. The van der Waals surface area contributed by atoms with Gasteiger partial charge in [0.2, 0.25) is 0 Å². The van der Waals surface area contributed by atoms with Crippen molar-refractivity contribution in [3.05, 3.63) is 20.9 Å². The average molecular weight is 446 g/mol. The molecule has 0 saturated carbocycles. The zero-order valence-electron chi connectivity index (χ0n) is 12.4. The molecule has 0 rings (SSSR count). The van der Waals surface area contributed by atoms with Crippen LogP contribution >= 0.6 is 31.9 Å². The normalized spacial score (nSPS) is 13.0. The zero-order chi connectivity index (χ0) is 17.5. The second-order valence-electron chi connectivity index (χ2n) is 4.87. The fraction of sp³-hybridized carbons (Fsp3) is 1.00. The molecule has 0 aliphatic heterocycles. The van der Waals surface area contributed by atoms with Gasteiger partial charge in [-0.3, -0.25) is 0 Å². The van der Waals surface area contributed by atoms with E-state index < -0.39 is 5.41 Å². The first-order chi connectivity index (χ1) is 10.5. The Morgan fingerprint density at radius 3 is 1.36 bits per heavy atom. The minimum atomic E-state index is -0.599. The van der Waals surface area contributed by atoms with Gasteiger partial charge in [-0.25, -0.2) is 0 Å². The van der Waals surface area contributed by atoms with Gasteiger partial charge in [0, 0.05) is 51.0 Å². The Kier molecular flexibility index (Phi) is 15.2.